The quantitative estimate of drug-likeness (QED) is 0.306. The van der Waals surface area contributed by atoms with Gasteiger partial charge in [-0.05, 0) is 23.6 Å². The first-order chi connectivity index (χ1) is 15.6. The van der Waals surface area contributed by atoms with Crippen LogP contribution in [0.1, 0.15) is 129 Å². The van der Waals surface area contributed by atoms with Gasteiger partial charge >= 0.3 is 0 Å². The molecule has 0 N–H and O–H groups in total. The molecular formula is C32H54. The Morgan fingerprint density at radius 1 is 0.562 bits per heavy atom. The lowest BCUT2D eigenvalue weighted by Crippen LogP contribution is -1.85. The van der Waals surface area contributed by atoms with Crippen LogP contribution in [0.3, 0.4) is 0 Å². The van der Waals surface area contributed by atoms with Crippen LogP contribution in [0.15, 0.2) is 61.2 Å². The first kappa shape index (κ1) is 32.4. The number of hydrogen-bond donors (Lipinski definition) is 0. The molecule has 0 fully saturated rings. The highest BCUT2D eigenvalue weighted by Crippen LogP contribution is 2.21. The summed E-state index contributed by atoms with van der Waals surface area (Å²) < 4.78 is 0. The Morgan fingerprint density at radius 2 is 0.906 bits per heavy atom. The maximum atomic E-state index is 4.12. The predicted molar refractivity (Wildman–Crippen MR) is 151 cm³/mol. The number of benzene rings is 2. The van der Waals surface area contributed by atoms with E-state index in [0.29, 0.717) is 0 Å². The summed E-state index contributed by atoms with van der Waals surface area (Å²) in [4.78, 5) is 0. The molecule has 0 unspecified atom stereocenters. The second-order valence-corrected chi connectivity index (χ2v) is 8.25. The minimum absolute atomic E-state index is 1.08. The molecule has 0 spiro atoms. The summed E-state index contributed by atoms with van der Waals surface area (Å²) in [6, 6.07) is 18.7. The Hall–Kier alpha value is -1.82. The summed E-state index contributed by atoms with van der Waals surface area (Å²) in [6.07, 6.45) is 15.7. The zero-order valence-electron chi connectivity index (χ0n) is 22.7. The van der Waals surface area contributed by atoms with Crippen molar-refractivity contribution in [2.24, 2.45) is 0 Å². The zero-order valence-corrected chi connectivity index (χ0v) is 22.7. The van der Waals surface area contributed by atoms with Crippen LogP contribution in [-0.4, -0.2) is 0 Å². The van der Waals surface area contributed by atoms with Gasteiger partial charge in [-0.25, -0.2) is 0 Å². The molecule has 2 rings (SSSR count). The van der Waals surface area contributed by atoms with Crippen LogP contribution >= 0.6 is 0 Å². The van der Waals surface area contributed by atoms with Crippen molar-refractivity contribution in [3.05, 3.63) is 77.9 Å². The van der Waals surface area contributed by atoms with Gasteiger partial charge in [0.1, 0.15) is 0 Å². The first-order valence-electron chi connectivity index (χ1n) is 13.4. The fraction of sp³-hybridized carbons (Fsp3) is 0.562. The summed E-state index contributed by atoms with van der Waals surface area (Å²) in [5.41, 5.74) is 4.73. The smallest absolute Gasteiger partial charge is 0.0183 e. The van der Waals surface area contributed by atoms with Crippen LogP contribution in [0.2, 0.25) is 0 Å². The Kier molecular flexibility index (Phi) is 25.7. The molecule has 0 saturated heterocycles. The molecule has 0 atom stereocenters. The molecule has 182 valence electrons. The maximum Gasteiger partial charge on any atom is -0.0183 e. The molecule has 0 aliphatic carbocycles. The Balaban J connectivity index is 0. The lowest BCUT2D eigenvalue weighted by Gasteiger charge is -2.06. The number of hydrogen-bond acceptors (Lipinski definition) is 0. The first-order valence-corrected chi connectivity index (χ1v) is 13.4. The second kappa shape index (κ2) is 25.4. The molecule has 2 aromatic rings. The van der Waals surface area contributed by atoms with Crippen molar-refractivity contribution in [3.63, 3.8) is 0 Å². The van der Waals surface area contributed by atoms with E-state index in [9.17, 15) is 0 Å². The summed E-state index contributed by atoms with van der Waals surface area (Å²) in [5.74, 6) is 0. The summed E-state index contributed by atoms with van der Waals surface area (Å²) in [6.45, 7) is 19.0. The Morgan fingerprint density at radius 3 is 1.28 bits per heavy atom. The van der Waals surface area contributed by atoms with E-state index in [1.54, 1.807) is 0 Å². The van der Waals surface area contributed by atoms with Crippen LogP contribution < -0.4 is 0 Å². The summed E-state index contributed by atoms with van der Waals surface area (Å²) in [7, 11) is 0. The SMILES string of the molecule is C=C(c1ccccc1)c1ccc(C)cc1.CC.CCC.CCCCCCCCCCCC. The maximum absolute atomic E-state index is 4.12. The molecule has 0 nitrogen and oxygen atoms in total. The molecule has 32 heavy (non-hydrogen) atoms. The normalized spacial score (nSPS) is 9.34. The van der Waals surface area contributed by atoms with E-state index >= 15 is 0 Å². The molecule has 0 heterocycles. The van der Waals surface area contributed by atoms with E-state index in [1.165, 1.54) is 87.3 Å². The molecule has 0 aromatic heterocycles. The second-order valence-electron chi connectivity index (χ2n) is 8.25. The van der Waals surface area contributed by atoms with Crippen molar-refractivity contribution in [2.45, 2.75) is 119 Å². The van der Waals surface area contributed by atoms with Crippen LogP contribution in [0, 0.1) is 6.92 Å². The minimum atomic E-state index is 1.08. The molecular weight excluding hydrogens is 384 g/mol. The van der Waals surface area contributed by atoms with Crippen molar-refractivity contribution in [3.8, 4) is 0 Å². The predicted octanol–water partition coefficient (Wildman–Crippen LogP) is 11.4. The van der Waals surface area contributed by atoms with Gasteiger partial charge in [0.25, 0.3) is 0 Å². The minimum Gasteiger partial charge on any atom is -0.0906 e. The van der Waals surface area contributed by atoms with Gasteiger partial charge < -0.3 is 0 Å². The van der Waals surface area contributed by atoms with Gasteiger partial charge in [0.05, 0.1) is 0 Å². The van der Waals surface area contributed by atoms with Gasteiger partial charge in [0.15, 0.2) is 0 Å². The molecule has 0 heteroatoms. The topological polar surface area (TPSA) is 0 Å². The number of unbranched alkanes of at least 4 members (excludes halogenated alkanes) is 9. The zero-order chi connectivity index (χ0) is 24.5. The lowest BCUT2D eigenvalue weighted by molar-refractivity contribution is 0.562. The van der Waals surface area contributed by atoms with Gasteiger partial charge in [-0.15, -0.1) is 0 Å². The van der Waals surface area contributed by atoms with Crippen molar-refractivity contribution in [2.75, 3.05) is 0 Å². The average Bonchev–Trinajstić information content (AvgIpc) is 2.84. The lowest BCUT2D eigenvalue weighted by atomic mass is 9.99. The molecule has 0 aliphatic rings. The van der Waals surface area contributed by atoms with Crippen molar-refractivity contribution >= 4 is 5.57 Å². The van der Waals surface area contributed by atoms with Crippen molar-refractivity contribution in [1.29, 1.82) is 0 Å². The third kappa shape index (κ3) is 18.9. The van der Waals surface area contributed by atoms with Gasteiger partial charge in [0, 0.05) is 0 Å². The summed E-state index contributed by atoms with van der Waals surface area (Å²) in [5, 5.41) is 0. The van der Waals surface area contributed by atoms with Gasteiger partial charge in [-0.1, -0.05) is 179 Å². The van der Waals surface area contributed by atoms with Gasteiger partial charge in [-0.3, -0.25) is 0 Å². The van der Waals surface area contributed by atoms with Gasteiger partial charge in [0.2, 0.25) is 0 Å². The Bertz CT molecular complexity index is 596. The standard InChI is InChI=1S/C15H14.C12H26.C3H8.C2H6/c1-12-8-10-15(11-9-12)13(2)14-6-4-3-5-7-14;1-3-5-7-9-11-12-10-8-6-4-2;1-3-2;1-2/h3-11H,2H2,1H3;3-12H2,1-2H3;3H2,1-2H3;1-2H3. The Labute approximate surface area is 202 Å². The largest absolute Gasteiger partial charge is 0.0906 e. The molecule has 0 saturated carbocycles. The van der Waals surface area contributed by atoms with E-state index in [0.717, 1.165) is 5.57 Å². The highest BCUT2D eigenvalue weighted by Gasteiger charge is 2.00. The average molecular weight is 439 g/mol. The monoisotopic (exact) mass is 438 g/mol. The van der Waals surface area contributed by atoms with Crippen LogP contribution in [0.4, 0.5) is 0 Å². The third-order valence-corrected chi connectivity index (χ3v) is 4.98. The molecule has 0 bridgehead atoms. The van der Waals surface area contributed by atoms with E-state index in [2.05, 4.69) is 77.6 Å². The molecule has 0 amide bonds. The fourth-order valence-corrected chi connectivity index (χ4v) is 3.12. The molecule has 0 radical (unpaired) electrons. The highest BCUT2D eigenvalue weighted by atomic mass is 14.0. The van der Waals surface area contributed by atoms with E-state index < -0.39 is 0 Å². The fourth-order valence-electron chi connectivity index (χ4n) is 3.12. The number of aryl methyl sites for hydroxylation is 1. The third-order valence-electron chi connectivity index (χ3n) is 4.98. The van der Waals surface area contributed by atoms with E-state index in [-0.39, 0.29) is 0 Å². The highest BCUT2D eigenvalue weighted by molar-refractivity contribution is 5.77. The van der Waals surface area contributed by atoms with Crippen LogP contribution in [0.5, 0.6) is 0 Å². The molecule has 2 aromatic carbocycles. The van der Waals surface area contributed by atoms with E-state index in [4.69, 9.17) is 0 Å². The van der Waals surface area contributed by atoms with E-state index in [1.807, 2.05) is 32.0 Å². The number of rotatable bonds is 11. The van der Waals surface area contributed by atoms with Crippen LogP contribution in [-0.2, 0) is 0 Å². The summed E-state index contributed by atoms with van der Waals surface area (Å²) >= 11 is 0. The van der Waals surface area contributed by atoms with Crippen molar-refractivity contribution < 1.29 is 0 Å². The molecule has 0 aliphatic heterocycles. The van der Waals surface area contributed by atoms with Crippen molar-refractivity contribution in [1.82, 2.24) is 0 Å². The van der Waals surface area contributed by atoms with Gasteiger partial charge in [-0.2, -0.15) is 0 Å². The van der Waals surface area contributed by atoms with Crippen LogP contribution in [0.25, 0.3) is 5.57 Å².